The summed E-state index contributed by atoms with van der Waals surface area (Å²) in [6.07, 6.45) is 1.31. The van der Waals surface area contributed by atoms with Crippen molar-refractivity contribution in [3.63, 3.8) is 0 Å². The monoisotopic (exact) mass is 272 g/mol. The Morgan fingerprint density at radius 1 is 1.44 bits per heavy atom. The first-order valence-electron chi connectivity index (χ1n) is 5.28. The Hall–Kier alpha value is -1.67. The van der Waals surface area contributed by atoms with E-state index in [1.807, 2.05) is 0 Å². The van der Waals surface area contributed by atoms with Crippen LogP contribution in [0, 0.1) is 5.92 Å². The van der Waals surface area contributed by atoms with Gasteiger partial charge in [-0.15, -0.1) is 0 Å². The zero-order chi connectivity index (χ0) is 13.9. The molecular weight excluding hydrogens is 256 g/mol. The predicted octanol–water partition coefficient (Wildman–Crippen LogP) is -0.548. The zero-order valence-electron chi connectivity index (χ0n) is 10.1. The Kier molecular flexibility index (Phi) is 4.25. The van der Waals surface area contributed by atoms with E-state index in [4.69, 9.17) is 11.5 Å². The normalized spacial score (nSPS) is 13.5. The number of hydrogen-bond donors (Lipinski definition) is 3. The van der Waals surface area contributed by atoms with Gasteiger partial charge in [-0.05, 0) is 18.1 Å². The fourth-order valence-corrected chi connectivity index (χ4v) is 2.79. The van der Waals surface area contributed by atoms with Crippen molar-refractivity contribution in [3.05, 3.63) is 18.3 Å². The average molecular weight is 272 g/mol. The summed E-state index contributed by atoms with van der Waals surface area (Å²) in [7, 11) is -3.97. The Morgan fingerprint density at radius 3 is 2.50 bits per heavy atom. The Bertz CT molecular complexity index is 542. The lowest BCUT2D eigenvalue weighted by atomic mass is 10.1. The Balaban J connectivity index is 3.09. The van der Waals surface area contributed by atoms with Crippen LogP contribution in [0.1, 0.15) is 13.8 Å². The van der Waals surface area contributed by atoms with Gasteiger partial charge in [-0.25, -0.2) is 13.4 Å². The molecule has 0 radical (unpaired) electrons. The minimum absolute atomic E-state index is 0.0111. The molecule has 7 nitrogen and oxygen atoms in total. The lowest BCUT2D eigenvalue weighted by Crippen LogP contribution is -2.47. The number of amides is 1. The quantitative estimate of drug-likeness (QED) is 0.662. The van der Waals surface area contributed by atoms with Gasteiger partial charge in [-0.1, -0.05) is 13.8 Å². The molecule has 0 aliphatic rings. The lowest BCUT2D eigenvalue weighted by Gasteiger charge is -2.18. The number of aromatic nitrogens is 1. The van der Waals surface area contributed by atoms with Crippen LogP contribution in [0.25, 0.3) is 0 Å². The van der Waals surface area contributed by atoms with Crippen LogP contribution in [-0.4, -0.2) is 25.4 Å². The summed E-state index contributed by atoms with van der Waals surface area (Å²) < 4.78 is 26.2. The second-order valence-corrected chi connectivity index (χ2v) is 5.77. The van der Waals surface area contributed by atoms with Crippen LogP contribution in [0.4, 0.5) is 5.69 Å². The predicted molar refractivity (Wildman–Crippen MR) is 66.8 cm³/mol. The number of nitrogens with one attached hydrogen (secondary N) is 1. The Morgan fingerprint density at radius 2 is 2.06 bits per heavy atom. The van der Waals surface area contributed by atoms with Crippen molar-refractivity contribution in [2.75, 3.05) is 5.73 Å². The summed E-state index contributed by atoms with van der Waals surface area (Å²) in [6, 6.07) is 1.93. The number of carbonyl (C=O) groups excluding carboxylic acids is 1. The molecule has 1 aromatic rings. The molecule has 0 fully saturated rings. The van der Waals surface area contributed by atoms with Gasteiger partial charge in [-0.2, -0.15) is 4.72 Å². The maximum Gasteiger partial charge on any atom is 0.260 e. The summed E-state index contributed by atoms with van der Waals surface area (Å²) in [4.78, 5) is 14.9. The van der Waals surface area contributed by atoms with Gasteiger partial charge in [0.05, 0.1) is 5.69 Å². The van der Waals surface area contributed by atoms with Crippen LogP contribution >= 0.6 is 0 Å². The van der Waals surface area contributed by atoms with Gasteiger partial charge >= 0.3 is 0 Å². The van der Waals surface area contributed by atoms with Crippen molar-refractivity contribution in [2.45, 2.75) is 24.9 Å². The first kappa shape index (κ1) is 14.4. The molecule has 0 saturated heterocycles. The molecule has 1 atom stereocenters. The topological polar surface area (TPSA) is 128 Å². The molecule has 1 heterocycles. The van der Waals surface area contributed by atoms with Gasteiger partial charge < -0.3 is 11.5 Å². The lowest BCUT2D eigenvalue weighted by molar-refractivity contribution is -0.120. The Labute approximate surface area is 106 Å². The van der Waals surface area contributed by atoms with E-state index in [0.717, 1.165) is 0 Å². The molecule has 18 heavy (non-hydrogen) atoms. The minimum atomic E-state index is -3.97. The third kappa shape index (κ3) is 3.17. The van der Waals surface area contributed by atoms with Crippen molar-refractivity contribution in [1.82, 2.24) is 9.71 Å². The van der Waals surface area contributed by atoms with Crippen LogP contribution in [0.5, 0.6) is 0 Å². The molecular formula is C10H16N4O3S. The molecule has 100 valence electrons. The number of nitrogen functional groups attached to an aromatic ring is 1. The zero-order valence-corrected chi connectivity index (χ0v) is 10.9. The summed E-state index contributed by atoms with van der Waals surface area (Å²) in [5.74, 6) is -1.02. The van der Waals surface area contributed by atoms with Crippen LogP contribution in [0.3, 0.4) is 0 Å². The number of primary amides is 1. The van der Waals surface area contributed by atoms with Crippen molar-refractivity contribution in [2.24, 2.45) is 11.7 Å². The van der Waals surface area contributed by atoms with Gasteiger partial charge in [0.1, 0.15) is 6.04 Å². The minimum Gasteiger partial charge on any atom is -0.396 e. The molecule has 0 aromatic carbocycles. The SMILES string of the molecule is CC(C)C(NS(=O)(=O)c1ncccc1N)C(N)=O. The molecule has 1 aromatic heterocycles. The fraction of sp³-hybridized carbons (Fsp3) is 0.400. The van der Waals surface area contributed by atoms with Crippen LogP contribution < -0.4 is 16.2 Å². The first-order chi connectivity index (χ1) is 8.25. The highest BCUT2D eigenvalue weighted by atomic mass is 32.2. The van der Waals surface area contributed by atoms with E-state index in [-0.39, 0.29) is 16.6 Å². The molecule has 0 spiro atoms. The molecule has 8 heteroatoms. The van der Waals surface area contributed by atoms with Gasteiger partial charge in [-0.3, -0.25) is 4.79 Å². The number of rotatable bonds is 5. The van der Waals surface area contributed by atoms with Crippen LogP contribution in [-0.2, 0) is 14.8 Å². The first-order valence-corrected chi connectivity index (χ1v) is 6.76. The summed E-state index contributed by atoms with van der Waals surface area (Å²) >= 11 is 0. The summed E-state index contributed by atoms with van der Waals surface area (Å²) in [6.45, 7) is 3.36. The third-order valence-corrected chi connectivity index (χ3v) is 3.72. The number of pyridine rings is 1. The standard InChI is InChI=1S/C10H16N4O3S/c1-6(2)8(9(12)15)14-18(16,17)10-7(11)4-3-5-13-10/h3-6,8,14H,11H2,1-2H3,(H2,12,15). The second-order valence-electron chi connectivity index (χ2n) is 4.14. The molecule has 0 bridgehead atoms. The van der Waals surface area contributed by atoms with E-state index >= 15 is 0 Å². The fourth-order valence-electron chi connectivity index (χ4n) is 1.37. The number of nitrogens with two attached hydrogens (primary N) is 2. The highest BCUT2D eigenvalue weighted by Gasteiger charge is 2.28. The summed E-state index contributed by atoms with van der Waals surface area (Å²) in [5, 5.41) is -0.308. The van der Waals surface area contributed by atoms with E-state index in [0.29, 0.717) is 0 Å². The van der Waals surface area contributed by atoms with Crippen molar-refractivity contribution in [3.8, 4) is 0 Å². The average Bonchev–Trinajstić information content (AvgIpc) is 2.25. The maximum atomic E-state index is 12.0. The molecule has 0 saturated carbocycles. The molecule has 1 rings (SSSR count). The number of anilines is 1. The number of sulfonamides is 1. The number of nitrogens with zero attached hydrogens (tertiary/aromatic N) is 1. The van der Waals surface area contributed by atoms with E-state index in [1.165, 1.54) is 18.3 Å². The van der Waals surface area contributed by atoms with Crippen molar-refractivity contribution >= 4 is 21.6 Å². The highest BCUT2D eigenvalue weighted by molar-refractivity contribution is 7.89. The van der Waals surface area contributed by atoms with Gasteiger partial charge in [0.15, 0.2) is 5.03 Å². The molecule has 5 N–H and O–H groups in total. The molecule has 0 aliphatic heterocycles. The molecule has 0 aliphatic carbocycles. The number of carbonyl (C=O) groups is 1. The largest absolute Gasteiger partial charge is 0.396 e. The van der Waals surface area contributed by atoms with E-state index in [1.54, 1.807) is 13.8 Å². The van der Waals surface area contributed by atoms with Crippen molar-refractivity contribution in [1.29, 1.82) is 0 Å². The third-order valence-electron chi connectivity index (χ3n) is 2.31. The maximum absolute atomic E-state index is 12.0. The van der Waals surface area contributed by atoms with Crippen molar-refractivity contribution < 1.29 is 13.2 Å². The molecule has 1 amide bonds. The molecule has 1 unspecified atom stereocenters. The van der Waals surface area contributed by atoms with Gasteiger partial charge in [0.25, 0.3) is 10.0 Å². The van der Waals surface area contributed by atoms with Gasteiger partial charge in [0, 0.05) is 6.20 Å². The second kappa shape index (κ2) is 5.32. The highest BCUT2D eigenvalue weighted by Crippen LogP contribution is 2.15. The summed E-state index contributed by atoms with van der Waals surface area (Å²) in [5.41, 5.74) is 10.7. The van der Waals surface area contributed by atoms with Crippen LogP contribution in [0.2, 0.25) is 0 Å². The smallest absolute Gasteiger partial charge is 0.260 e. The van der Waals surface area contributed by atoms with Gasteiger partial charge in [0.2, 0.25) is 5.91 Å². The number of hydrogen-bond acceptors (Lipinski definition) is 5. The van der Waals surface area contributed by atoms with E-state index in [9.17, 15) is 13.2 Å². The van der Waals surface area contributed by atoms with E-state index in [2.05, 4.69) is 9.71 Å². The van der Waals surface area contributed by atoms with E-state index < -0.39 is 22.0 Å². The van der Waals surface area contributed by atoms with Crippen LogP contribution in [0.15, 0.2) is 23.4 Å².